The third-order valence-corrected chi connectivity index (χ3v) is 1.08. The highest BCUT2D eigenvalue weighted by molar-refractivity contribution is 5.85. The van der Waals surface area contributed by atoms with Crippen molar-refractivity contribution in [2.24, 2.45) is 10.2 Å². The van der Waals surface area contributed by atoms with Gasteiger partial charge in [-0.15, -0.1) is 10.2 Å². The Kier molecular flexibility index (Phi) is 2.50. The summed E-state index contributed by atoms with van der Waals surface area (Å²) in [5.41, 5.74) is 2.05. The third-order valence-electron chi connectivity index (χ3n) is 1.08. The Balaban J connectivity index is 2.49. The van der Waals surface area contributed by atoms with Crippen LogP contribution in [0.2, 0.25) is 0 Å². The number of hydrogen-bond acceptors (Lipinski definition) is 5. The first kappa shape index (κ1) is 9.50. The van der Waals surface area contributed by atoms with E-state index in [-0.39, 0.29) is 0 Å². The fraction of sp³-hybridized carbons (Fsp3) is 0.571. The van der Waals surface area contributed by atoms with Gasteiger partial charge in [0, 0.05) is 0 Å². The monoisotopic (exact) mass is 184 g/mol. The first-order valence-corrected chi connectivity index (χ1v) is 3.82. The van der Waals surface area contributed by atoms with Crippen LogP contribution in [0.1, 0.15) is 20.8 Å². The van der Waals surface area contributed by atoms with Gasteiger partial charge >= 0.3 is 6.09 Å². The second-order valence-corrected chi connectivity index (χ2v) is 3.45. The molecule has 0 atom stereocenters. The summed E-state index contributed by atoms with van der Waals surface area (Å²) in [5.74, 6) is 0. The van der Waals surface area contributed by atoms with Gasteiger partial charge in [-0.25, -0.2) is 4.79 Å². The van der Waals surface area contributed by atoms with E-state index in [2.05, 4.69) is 15.6 Å². The van der Waals surface area contributed by atoms with Gasteiger partial charge in [0.2, 0.25) is 0 Å². The van der Waals surface area contributed by atoms with Crippen molar-refractivity contribution in [2.75, 3.05) is 0 Å². The van der Waals surface area contributed by atoms with Crippen LogP contribution in [-0.2, 0) is 4.74 Å². The second kappa shape index (κ2) is 3.42. The molecule has 6 heteroatoms. The van der Waals surface area contributed by atoms with Gasteiger partial charge in [-0.3, -0.25) is 5.43 Å². The van der Waals surface area contributed by atoms with Crippen molar-refractivity contribution < 1.29 is 9.53 Å². The molecule has 0 fully saturated rings. The molecule has 0 bridgehead atoms. The highest BCUT2D eigenvalue weighted by atomic mass is 16.6. The molecular formula is C7H12N4O2. The molecule has 6 nitrogen and oxygen atoms in total. The van der Waals surface area contributed by atoms with Gasteiger partial charge in [-0.1, -0.05) is 0 Å². The van der Waals surface area contributed by atoms with Gasteiger partial charge in [-0.05, 0) is 20.8 Å². The summed E-state index contributed by atoms with van der Waals surface area (Å²) in [6.07, 6.45) is 2.03. The van der Waals surface area contributed by atoms with E-state index >= 15 is 0 Å². The van der Waals surface area contributed by atoms with E-state index in [1.807, 2.05) is 0 Å². The number of rotatable bonds is 0. The molecule has 0 saturated carbocycles. The van der Waals surface area contributed by atoms with Gasteiger partial charge in [0.1, 0.15) is 18.3 Å². The molecule has 1 aliphatic heterocycles. The molecular weight excluding hydrogens is 172 g/mol. The maximum atomic E-state index is 11.3. The number of carbonyl (C=O) groups excluding carboxylic acids is 1. The maximum Gasteiger partial charge on any atom is 0.434 e. The van der Waals surface area contributed by atoms with Crippen LogP contribution in [0.15, 0.2) is 10.2 Å². The van der Waals surface area contributed by atoms with E-state index in [1.54, 1.807) is 20.8 Å². The number of nitrogens with one attached hydrogen (secondary N) is 1. The van der Waals surface area contributed by atoms with E-state index in [0.29, 0.717) is 0 Å². The first-order valence-electron chi connectivity index (χ1n) is 3.82. The van der Waals surface area contributed by atoms with Crippen LogP contribution in [-0.4, -0.2) is 29.4 Å². The Bertz CT molecular complexity index is 254. The molecule has 13 heavy (non-hydrogen) atoms. The first-order chi connectivity index (χ1) is 5.99. The van der Waals surface area contributed by atoms with Crippen molar-refractivity contribution in [1.82, 2.24) is 10.4 Å². The molecule has 0 aromatic heterocycles. The van der Waals surface area contributed by atoms with Gasteiger partial charge in [0.15, 0.2) is 0 Å². The standard InChI is InChI=1S/C7H12N4O2/c1-7(2,3)13-6(12)11-5-9-8-4-10-11/h4-5H,1-3H3,(H,8,10). The lowest BCUT2D eigenvalue weighted by atomic mass is 10.2. The second-order valence-electron chi connectivity index (χ2n) is 3.45. The van der Waals surface area contributed by atoms with Crippen molar-refractivity contribution in [3.05, 3.63) is 0 Å². The summed E-state index contributed by atoms with van der Waals surface area (Å²) in [7, 11) is 0. The largest absolute Gasteiger partial charge is 0.442 e. The van der Waals surface area contributed by atoms with Crippen LogP contribution in [0.25, 0.3) is 0 Å². The molecule has 72 valence electrons. The van der Waals surface area contributed by atoms with Gasteiger partial charge < -0.3 is 4.74 Å². The Morgan fingerprint density at radius 2 is 2.15 bits per heavy atom. The summed E-state index contributed by atoms with van der Waals surface area (Å²) >= 11 is 0. The minimum Gasteiger partial charge on any atom is -0.442 e. The van der Waals surface area contributed by atoms with Crippen LogP contribution < -0.4 is 5.43 Å². The zero-order valence-electron chi connectivity index (χ0n) is 7.81. The lowest BCUT2D eigenvalue weighted by Crippen LogP contribution is -2.45. The van der Waals surface area contributed by atoms with Crippen molar-refractivity contribution >= 4 is 18.8 Å². The molecule has 1 heterocycles. The fourth-order valence-corrected chi connectivity index (χ4v) is 0.647. The van der Waals surface area contributed by atoms with Gasteiger partial charge in [0.05, 0.1) is 0 Å². The summed E-state index contributed by atoms with van der Waals surface area (Å²) < 4.78 is 5.05. The summed E-state index contributed by atoms with van der Waals surface area (Å²) in [5, 5.41) is 8.12. The zero-order valence-corrected chi connectivity index (χ0v) is 7.81. The molecule has 1 amide bonds. The minimum absolute atomic E-state index is 0.512. The number of hydrogen-bond donors (Lipinski definition) is 1. The molecule has 0 spiro atoms. The molecule has 1 rings (SSSR count). The molecule has 0 unspecified atom stereocenters. The zero-order chi connectivity index (χ0) is 9.90. The van der Waals surface area contributed by atoms with Crippen LogP contribution in [0.4, 0.5) is 4.79 Å². The quantitative estimate of drug-likeness (QED) is 0.603. The molecule has 0 aromatic carbocycles. The van der Waals surface area contributed by atoms with Crippen molar-refractivity contribution in [3.8, 4) is 0 Å². The molecule has 1 N–H and O–H groups in total. The van der Waals surface area contributed by atoms with Crippen molar-refractivity contribution in [1.29, 1.82) is 0 Å². The SMILES string of the molecule is CC(C)(C)OC(=O)N1C=NN=CN1. The topological polar surface area (TPSA) is 66.3 Å². The minimum atomic E-state index is -0.513. The Labute approximate surface area is 76.2 Å². The smallest absolute Gasteiger partial charge is 0.434 e. The lowest BCUT2D eigenvalue weighted by Gasteiger charge is -2.24. The Hall–Kier alpha value is -1.59. The predicted octanol–water partition coefficient (Wildman–Crippen LogP) is 0.713. The Morgan fingerprint density at radius 3 is 2.62 bits per heavy atom. The average molecular weight is 184 g/mol. The van der Waals surface area contributed by atoms with E-state index < -0.39 is 11.7 Å². The lowest BCUT2D eigenvalue weighted by molar-refractivity contribution is 0.0341. The van der Waals surface area contributed by atoms with Gasteiger partial charge in [0.25, 0.3) is 0 Å². The number of amides is 1. The summed E-state index contributed by atoms with van der Waals surface area (Å²) in [4.78, 5) is 11.3. The van der Waals surface area contributed by atoms with E-state index in [1.165, 1.54) is 12.7 Å². The number of ether oxygens (including phenoxy) is 1. The van der Waals surface area contributed by atoms with Crippen LogP contribution >= 0.6 is 0 Å². The Morgan fingerprint density at radius 1 is 1.46 bits per heavy atom. The van der Waals surface area contributed by atoms with Crippen LogP contribution in [0.3, 0.4) is 0 Å². The molecule has 0 aromatic rings. The highest BCUT2D eigenvalue weighted by Gasteiger charge is 2.21. The predicted molar refractivity (Wildman–Crippen MR) is 48.2 cm³/mol. The maximum absolute atomic E-state index is 11.3. The fourth-order valence-electron chi connectivity index (χ4n) is 0.647. The van der Waals surface area contributed by atoms with Crippen molar-refractivity contribution in [3.63, 3.8) is 0 Å². The van der Waals surface area contributed by atoms with Gasteiger partial charge in [-0.2, -0.15) is 5.01 Å². The number of carbonyl (C=O) groups is 1. The molecule has 1 aliphatic rings. The van der Waals surface area contributed by atoms with E-state index in [9.17, 15) is 4.79 Å². The molecule has 0 aliphatic carbocycles. The normalized spacial score (nSPS) is 15.5. The molecule has 0 saturated heterocycles. The van der Waals surface area contributed by atoms with E-state index in [4.69, 9.17) is 4.74 Å². The highest BCUT2D eigenvalue weighted by Crippen LogP contribution is 2.08. The number of nitrogens with zero attached hydrogens (tertiary/aromatic N) is 3. The molecule has 0 radical (unpaired) electrons. The summed E-state index contributed by atoms with van der Waals surface area (Å²) in [6, 6.07) is 0. The average Bonchev–Trinajstić information content (AvgIpc) is 2.03. The number of hydrazine groups is 1. The van der Waals surface area contributed by atoms with Crippen LogP contribution in [0, 0.1) is 0 Å². The van der Waals surface area contributed by atoms with E-state index in [0.717, 1.165) is 5.01 Å². The van der Waals surface area contributed by atoms with Crippen LogP contribution in [0.5, 0.6) is 0 Å². The van der Waals surface area contributed by atoms with Crippen molar-refractivity contribution in [2.45, 2.75) is 26.4 Å². The third kappa shape index (κ3) is 3.10. The summed E-state index contributed by atoms with van der Waals surface area (Å²) in [6.45, 7) is 5.38.